The SMILES string of the molecule is COCCCOc1cc2c(nc1Cl)-c1cc(=O)c(C(=O)O)cn1C1C2CCC1(C)C. The van der Waals surface area contributed by atoms with Crippen LogP contribution in [0.4, 0.5) is 0 Å². The summed E-state index contributed by atoms with van der Waals surface area (Å²) in [5.41, 5.74) is 1.39. The molecule has 2 aromatic heterocycles. The number of carbonyl (C=O) groups is 1. The van der Waals surface area contributed by atoms with E-state index in [0.29, 0.717) is 30.4 Å². The van der Waals surface area contributed by atoms with E-state index in [1.54, 1.807) is 7.11 Å². The summed E-state index contributed by atoms with van der Waals surface area (Å²) in [5.74, 6) is -0.565. The summed E-state index contributed by atoms with van der Waals surface area (Å²) in [6.07, 6.45) is 4.12. The number of aromatic carboxylic acids is 1. The smallest absolute Gasteiger partial charge is 0.341 e. The third kappa shape index (κ3) is 3.40. The molecule has 4 rings (SSSR count). The number of methoxy groups -OCH3 is 1. The van der Waals surface area contributed by atoms with Crippen molar-refractivity contribution in [2.45, 2.75) is 45.1 Å². The zero-order chi connectivity index (χ0) is 21.6. The first-order valence-electron chi connectivity index (χ1n) is 10.1. The van der Waals surface area contributed by atoms with Crippen LogP contribution in [0.1, 0.15) is 61.0 Å². The van der Waals surface area contributed by atoms with Crippen molar-refractivity contribution in [1.82, 2.24) is 9.55 Å². The molecule has 30 heavy (non-hydrogen) atoms. The molecule has 2 aromatic rings. The first-order chi connectivity index (χ1) is 14.2. The largest absolute Gasteiger partial charge is 0.490 e. The third-order valence-corrected chi connectivity index (χ3v) is 6.53. The Morgan fingerprint density at radius 2 is 2.13 bits per heavy atom. The number of ether oxygens (including phenoxy) is 2. The van der Waals surface area contributed by atoms with Crippen LogP contribution in [0.3, 0.4) is 0 Å². The van der Waals surface area contributed by atoms with E-state index in [-0.39, 0.29) is 28.1 Å². The maximum Gasteiger partial charge on any atom is 0.341 e. The van der Waals surface area contributed by atoms with Gasteiger partial charge in [-0.05, 0) is 29.9 Å². The average molecular weight is 433 g/mol. The van der Waals surface area contributed by atoms with Crippen LogP contribution in [0.25, 0.3) is 11.4 Å². The number of aromatic nitrogens is 2. The van der Waals surface area contributed by atoms with Crippen LogP contribution >= 0.6 is 11.6 Å². The lowest BCUT2D eigenvalue weighted by atomic mass is 9.79. The van der Waals surface area contributed by atoms with Crippen LogP contribution < -0.4 is 10.2 Å². The van der Waals surface area contributed by atoms with Crippen LogP contribution in [0.15, 0.2) is 23.1 Å². The average Bonchev–Trinajstić information content (AvgIpc) is 3.01. The predicted octanol–water partition coefficient (Wildman–Crippen LogP) is 4.14. The minimum absolute atomic E-state index is 0.0167. The van der Waals surface area contributed by atoms with Crippen molar-refractivity contribution in [2.24, 2.45) is 5.41 Å². The van der Waals surface area contributed by atoms with Crippen LogP contribution in [0, 0.1) is 5.41 Å². The Labute approximate surface area is 179 Å². The number of pyridine rings is 2. The molecule has 7 nitrogen and oxygen atoms in total. The lowest BCUT2D eigenvalue weighted by Crippen LogP contribution is -2.32. The first kappa shape index (κ1) is 20.9. The van der Waals surface area contributed by atoms with Crippen LogP contribution in [0.2, 0.25) is 5.15 Å². The summed E-state index contributed by atoms with van der Waals surface area (Å²) in [4.78, 5) is 28.6. The summed E-state index contributed by atoms with van der Waals surface area (Å²) in [6, 6.07) is 3.33. The fourth-order valence-electron chi connectivity index (χ4n) is 4.87. The highest BCUT2D eigenvalue weighted by Gasteiger charge is 2.48. The number of rotatable bonds is 6. The fourth-order valence-corrected chi connectivity index (χ4v) is 5.06. The first-order valence-corrected chi connectivity index (χ1v) is 10.4. The Morgan fingerprint density at radius 1 is 1.37 bits per heavy atom. The van der Waals surface area contributed by atoms with Gasteiger partial charge in [0.25, 0.3) is 0 Å². The topological polar surface area (TPSA) is 90.7 Å². The molecule has 1 saturated carbocycles. The predicted molar refractivity (Wildman–Crippen MR) is 113 cm³/mol. The van der Waals surface area contributed by atoms with Gasteiger partial charge in [0.1, 0.15) is 5.56 Å². The lowest BCUT2D eigenvalue weighted by Gasteiger charge is -2.39. The molecule has 1 N–H and O–H groups in total. The number of carboxylic acids is 1. The summed E-state index contributed by atoms with van der Waals surface area (Å²) in [6.45, 7) is 5.41. The Bertz CT molecular complexity index is 1060. The van der Waals surface area contributed by atoms with E-state index >= 15 is 0 Å². The van der Waals surface area contributed by atoms with Gasteiger partial charge in [-0.2, -0.15) is 0 Å². The van der Waals surface area contributed by atoms with E-state index in [4.69, 9.17) is 21.1 Å². The Balaban J connectivity index is 1.86. The van der Waals surface area contributed by atoms with Gasteiger partial charge >= 0.3 is 5.97 Å². The third-order valence-electron chi connectivity index (χ3n) is 6.26. The van der Waals surface area contributed by atoms with E-state index in [1.165, 1.54) is 12.3 Å². The maximum absolute atomic E-state index is 12.5. The highest BCUT2D eigenvalue weighted by molar-refractivity contribution is 6.31. The highest BCUT2D eigenvalue weighted by atomic mass is 35.5. The Hall–Kier alpha value is -2.38. The number of halogens is 1. The molecule has 0 amide bonds. The quantitative estimate of drug-likeness (QED) is 0.545. The number of hydrogen-bond donors (Lipinski definition) is 1. The minimum Gasteiger partial charge on any atom is -0.490 e. The monoisotopic (exact) mass is 432 g/mol. The maximum atomic E-state index is 12.5. The minimum atomic E-state index is -1.22. The van der Waals surface area contributed by atoms with Gasteiger partial charge in [0.2, 0.25) is 0 Å². The molecular formula is C22H25ClN2O5. The molecule has 0 spiro atoms. The van der Waals surface area contributed by atoms with E-state index in [9.17, 15) is 14.7 Å². The second kappa shape index (κ2) is 7.71. The fraction of sp³-hybridized carbons (Fsp3) is 0.500. The summed E-state index contributed by atoms with van der Waals surface area (Å²) < 4.78 is 12.8. The molecule has 1 aliphatic heterocycles. The highest BCUT2D eigenvalue weighted by Crippen LogP contribution is 2.59. The molecule has 1 fully saturated rings. The molecule has 0 saturated heterocycles. The van der Waals surface area contributed by atoms with Gasteiger partial charge in [-0.15, -0.1) is 0 Å². The van der Waals surface area contributed by atoms with Crippen molar-refractivity contribution in [2.75, 3.05) is 20.3 Å². The van der Waals surface area contributed by atoms with Gasteiger partial charge in [0, 0.05) is 44.4 Å². The Morgan fingerprint density at radius 3 is 2.83 bits per heavy atom. The van der Waals surface area contributed by atoms with Crippen molar-refractivity contribution in [3.63, 3.8) is 0 Å². The number of nitrogens with zero attached hydrogens (tertiary/aromatic N) is 2. The molecule has 0 bridgehead atoms. The Kier molecular flexibility index (Phi) is 5.36. The molecule has 1 aliphatic carbocycles. The van der Waals surface area contributed by atoms with Crippen LogP contribution in [0.5, 0.6) is 5.75 Å². The number of carboxylic acid groups (broad SMARTS) is 1. The zero-order valence-corrected chi connectivity index (χ0v) is 18.0. The van der Waals surface area contributed by atoms with Gasteiger partial charge in [-0.25, -0.2) is 9.78 Å². The molecule has 0 radical (unpaired) electrons. The summed E-state index contributed by atoms with van der Waals surface area (Å²) in [7, 11) is 1.64. The summed E-state index contributed by atoms with van der Waals surface area (Å²) >= 11 is 6.41. The molecule has 8 heteroatoms. The van der Waals surface area contributed by atoms with E-state index < -0.39 is 11.4 Å². The van der Waals surface area contributed by atoms with Crippen molar-refractivity contribution in [3.05, 3.63) is 44.8 Å². The molecular weight excluding hydrogens is 408 g/mol. The van der Waals surface area contributed by atoms with E-state index in [1.807, 2.05) is 10.6 Å². The van der Waals surface area contributed by atoms with Gasteiger partial charge < -0.3 is 19.1 Å². The van der Waals surface area contributed by atoms with Gasteiger partial charge in [0.05, 0.1) is 18.0 Å². The molecule has 2 unspecified atom stereocenters. The number of fused-ring (bicyclic) bond motifs is 6. The van der Waals surface area contributed by atoms with Crippen molar-refractivity contribution >= 4 is 17.6 Å². The van der Waals surface area contributed by atoms with E-state index in [2.05, 4.69) is 18.8 Å². The van der Waals surface area contributed by atoms with Gasteiger partial charge in [0.15, 0.2) is 16.3 Å². The van der Waals surface area contributed by atoms with Crippen molar-refractivity contribution in [3.8, 4) is 17.1 Å². The normalized spacial score (nSPS) is 20.9. The van der Waals surface area contributed by atoms with Crippen LogP contribution in [-0.2, 0) is 4.74 Å². The van der Waals surface area contributed by atoms with Crippen LogP contribution in [-0.4, -0.2) is 41.0 Å². The second-order valence-corrected chi connectivity index (χ2v) is 9.00. The molecule has 2 atom stereocenters. The molecule has 3 heterocycles. The standard InChI is InChI=1S/C22H25ClN2O5/c1-22(2)6-5-12-13-9-17(30-8-4-7-29-3)20(23)24-18(13)15-10-16(26)14(21(27)28)11-25(15)19(12)22/h9-12,19H,4-8H2,1-3H3,(H,27,28). The lowest BCUT2D eigenvalue weighted by molar-refractivity contribution is 0.0693. The molecule has 160 valence electrons. The molecule has 0 aromatic carbocycles. The second-order valence-electron chi connectivity index (χ2n) is 8.64. The summed E-state index contributed by atoms with van der Waals surface area (Å²) in [5, 5.41) is 9.68. The van der Waals surface area contributed by atoms with Gasteiger partial charge in [-0.1, -0.05) is 25.4 Å². The van der Waals surface area contributed by atoms with Gasteiger partial charge in [-0.3, -0.25) is 4.79 Å². The zero-order valence-electron chi connectivity index (χ0n) is 17.3. The number of hydrogen-bond acceptors (Lipinski definition) is 5. The molecule has 2 aliphatic rings. The van der Waals surface area contributed by atoms with Crippen molar-refractivity contribution < 1.29 is 19.4 Å². The van der Waals surface area contributed by atoms with E-state index in [0.717, 1.165) is 24.8 Å². The van der Waals surface area contributed by atoms with Crippen molar-refractivity contribution in [1.29, 1.82) is 0 Å².